The number of hydrogen-bond acceptors (Lipinski definition) is 2. The van der Waals surface area contributed by atoms with Crippen molar-refractivity contribution in [3.8, 4) is 0 Å². The van der Waals surface area contributed by atoms with E-state index < -0.39 is 0 Å². The lowest BCUT2D eigenvalue weighted by Gasteiger charge is -2.31. The maximum absolute atomic E-state index is 7.44. The smallest absolute Gasteiger partial charge is 0.232 e. The lowest BCUT2D eigenvalue weighted by Crippen LogP contribution is -2.33. The zero-order valence-corrected chi connectivity index (χ0v) is 19.5. The van der Waals surface area contributed by atoms with Crippen LogP contribution in [0.1, 0.15) is 118 Å². The van der Waals surface area contributed by atoms with Gasteiger partial charge in [0.25, 0.3) is 0 Å². The third-order valence-electron chi connectivity index (χ3n) is 6.89. The Hall–Kier alpha value is -0.590. The first kappa shape index (κ1) is 25.4. The third kappa shape index (κ3) is 9.75. The predicted octanol–water partition coefficient (Wildman–Crippen LogP) is 7.79. The molecule has 3 nitrogen and oxygen atoms in total. The summed E-state index contributed by atoms with van der Waals surface area (Å²) in [6, 6.07) is 0. The summed E-state index contributed by atoms with van der Waals surface area (Å²) in [5.41, 5.74) is 0.234. The van der Waals surface area contributed by atoms with E-state index in [0.717, 1.165) is 51.0 Å². The molecule has 0 aliphatic heterocycles. The summed E-state index contributed by atoms with van der Waals surface area (Å²) in [5, 5.41) is 0. The van der Waals surface area contributed by atoms with Gasteiger partial charge in [-0.15, -0.1) is 0 Å². The van der Waals surface area contributed by atoms with Crippen LogP contribution in [-0.4, -0.2) is 25.0 Å². The topological polar surface area (TPSA) is 22.8 Å². The molecule has 1 aliphatic carbocycles. The summed E-state index contributed by atoms with van der Waals surface area (Å²) in [5.74, 6) is 0.720. The number of hydrogen-bond donors (Lipinski definition) is 0. The second-order valence-corrected chi connectivity index (χ2v) is 9.99. The van der Waals surface area contributed by atoms with Gasteiger partial charge in [0.1, 0.15) is 6.79 Å². The summed E-state index contributed by atoms with van der Waals surface area (Å²) >= 11 is 0. The first-order valence-corrected chi connectivity index (χ1v) is 11.9. The molecule has 0 aromatic heterocycles. The Bertz CT molecular complexity index is 427. The normalized spacial score (nSPS) is 24.1. The van der Waals surface area contributed by atoms with Gasteiger partial charge in [0, 0.05) is 25.9 Å². The zero-order valence-electron chi connectivity index (χ0n) is 19.5. The van der Waals surface area contributed by atoms with Crippen LogP contribution in [0.15, 0.2) is 0 Å². The van der Waals surface area contributed by atoms with Crippen LogP contribution in [0.2, 0.25) is 0 Å². The molecular formula is C25H47NO2. The summed E-state index contributed by atoms with van der Waals surface area (Å²) in [6.07, 6.45) is 15.9. The highest BCUT2D eigenvalue weighted by Gasteiger charge is 2.39. The Morgan fingerprint density at radius 3 is 2.21 bits per heavy atom. The van der Waals surface area contributed by atoms with Crippen molar-refractivity contribution in [2.24, 2.45) is 11.3 Å². The lowest BCUT2D eigenvalue weighted by atomic mass is 9.76. The quantitative estimate of drug-likeness (QED) is 0.171. The number of ether oxygens (including phenoxy) is 2. The van der Waals surface area contributed by atoms with E-state index in [0.29, 0.717) is 12.2 Å². The molecule has 0 aromatic rings. The van der Waals surface area contributed by atoms with E-state index in [-0.39, 0.29) is 11.6 Å². The molecule has 28 heavy (non-hydrogen) atoms. The molecule has 0 heterocycles. The standard InChI is InChI=1S/C25H47NO2/c1-7-9-10-11-12-13-14-22(24(3,4)5)17-20-27-21-28-23-15-18-25(8-2,26-6)19-16-23/h22-23H,7-21H2,1-5H3. The molecule has 0 N–H and O–H groups in total. The van der Waals surface area contributed by atoms with E-state index in [1.165, 1.54) is 44.9 Å². The fraction of sp³-hybridized carbons (Fsp3) is 0.960. The van der Waals surface area contributed by atoms with Gasteiger partial charge in [-0.1, -0.05) is 73.1 Å². The van der Waals surface area contributed by atoms with E-state index in [1.54, 1.807) is 0 Å². The maximum Gasteiger partial charge on any atom is 0.232 e. The van der Waals surface area contributed by atoms with Gasteiger partial charge in [-0.25, -0.2) is 6.57 Å². The molecule has 0 bridgehead atoms. The summed E-state index contributed by atoms with van der Waals surface area (Å²) in [4.78, 5) is 3.89. The van der Waals surface area contributed by atoms with Crippen LogP contribution in [-0.2, 0) is 9.47 Å². The van der Waals surface area contributed by atoms with Gasteiger partial charge in [0.2, 0.25) is 5.54 Å². The van der Waals surface area contributed by atoms with Crippen molar-refractivity contribution in [3.05, 3.63) is 11.4 Å². The second-order valence-electron chi connectivity index (χ2n) is 9.99. The minimum atomic E-state index is -0.114. The molecule has 3 heteroatoms. The second kappa shape index (κ2) is 13.6. The fourth-order valence-corrected chi connectivity index (χ4v) is 4.45. The Labute approximate surface area is 175 Å². The Morgan fingerprint density at radius 2 is 1.64 bits per heavy atom. The van der Waals surface area contributed by atoms with Crippen molar-refractivity contribution in [1.29, 1.82) is 0 Å². The molecule has 164 valence electrons. The first-order valence-electron chi connectivity index (χ1n) is 11.9. The zero-order chi connectivity index (χ0) is 20.9. The summed E-state index contributed by atoms with van der Waals surface area (Å²) in [6.45, 7) is 20.2. The number of rotatable bonds is 14. The monoisotopic (exact) mass is 393 g/mol. The number of unbranched alkanes of at least 4 members (excludes halogenated alkanes) is 5. The SMILES string of the molecule is [C-]#[N+]C1(CC)CCC(OCOCCC(CCCCCCCC)C(C)(C)C)CC1. The molecule has 1 atom stereocenters. The average Bonchev–Trinajstić information content (AvgIpc) is 2.68. The molecule has 0 aromatic carbocycles. The van der Waals surface area contributed by atoms with Gasteiger partial charge < -0.3 is 14.3 Å². The molecule has 1 unspecified atom stereocenters. The van der Waals surface area contributed by atoms with E-state index in [4.69, 9.17) is 16.0 Å². The predicted molar refractivity (Wildman–Crippen MR) is 119 cm³/mol. The minimum absolute atomic E-state index is 0.114. The van der Waals surface area contributed by atoms with Crippen LogP contribution in [0.5, 0.6) is 0 Å². The van der Waals surface area contributed by atoms with Crippen molar-refractivity contribution in [2.75, 3.05) is 13.4 Å². The Balaban J connectivity index is 2.16. The first-order chi connectivity index (χ1) is 13.4. The molecular weight excluding hydrogens is 346 g/mol. The van der Waals surface area contributed by atoms with E-state index >= 15 is 0 Å². The van der Waals surface area contributed by atoms with Gasteiger partial charge in [-0.3, -0.25) is 0 Å². The molecule has 1 rings (SSSR count). The highest BCUT2D eigenvalue weighted by atomic mass is 16.7. The Kier molecular flexibility index (Phi) is 12.4. The molecule has 0 spiro atoms. The Morgan fingerprint density at radius 1 is 1.00 bits per heavy atom. The summed E-state index contributed by atoms with van der Waals surface area (Å²) < 4.78 is 11.8. The van der Waals surface area contributed by atoms with Gasteiger partial charge in [0.05, 0.1) is 6.10 Å². The van der Waals surface area contributed by atoms with E-state index in [2.05, 4.69) is 39.5 Å². The van der Waals surface area contributed by atoms with Crippen LogP contribution in [0.4, 0.5) is 0 Å². The van der Waals surface area contributed by atoms with Crippen molar-refractivity contribution in [2.45, 2.75) is 130 Å². The van der Waals surface area contributed by atoms with Gasteiger partial charge in [-0.2, -0.15) is 0 Å². The van der Waals surface area contributed by atoms with Crippen LogP contribution in [0, 0.1) is 17.9 Å². The average molecular weight is 394 g/mol. The van der Waals surface area contributed by atoms with Crippen molar-refractivity contribution >= 4 is 0 Å². The lowest BCUT2D eigenvalue weighted by molar-refractivity contribution is -0.105. The number of nitrogens with zero attached hydrogens (tertiary/aromatic N) is 1. The molecule has 0 amide bonds. The van der Waals surface area contributed by atoms with Gasteiger partial charge in [0.15, 0.2) is 0 Å². The van der Waals surface area contributed by atoms with E-state index in [1.807, 2.05) is 0 Å². The molecule has 1 fully saturated rings. The molecule has 0 radical (unpaired) electrons. The third-order valence-corrected chi connectivity index (χ3v) is 6.89. The molecule has 1 aliphatic rings. The van der Waals surface area contributed by atoms with Crippen LogP contribution < -0.4 is 0 Å². The fourth-order valence-electron chi connectivity index (χ4n) is 4.45. The van der Waals surface area contributed by atoms with Crippen molar-refractivity contribution in [1.82, 2.24) is 0 Å². The van der Waals surface area contributed by atoms with Crippen LogP contribution in [0.3, 0.4) is 0 Å². The largest absolute Gasteiger partial charge is 0.355 e. The summed E-state index contributed by atoms with van der Waals surface area (Å²) in [7, 11) is 0. The molecule has 1 saturated carbocycles. The highest BCUT2D eigenvalue weighted by Crippen LogP contribution is 2.36. The van der Waals surface area contributed by atoms with Gasteiger partial charge >= 0.3 is 0 Å². The van der Waals surface area contributed by atoms with Crippen molar-refractivity contribution < 1.29 is 9.47 Å². The van der Waals surface area contributed by atoms with Crippen LogP contribution >= 0.6 is 0 Å². The minimum Gasteiger partial charge on any atom is -0.355 e. The van der Waals surface area contributed by atoms with Gasteiger partial charge in [-0.05, 0) is 37.0 Å². The highest BCUT2D eigenvalue weighted by molar-refractivity contribution is 5.00. The van der Waals surface area contributed by atoms with E-state index in [9.17, 15) is 0 Å². The van der Waals surface area contributed by atoms with Crippen LogP contribution in [0.25, 0.3) is 4.85 Å². The molecule has 0 saturated heterocycles. The maximum atomic E-state index is 7.44. The van der Waals surface area contributed by atoms with Crippen molar-refractivity contribution in [3.63, 3.8) is 0 Å².